The van der Waals surface area contributed by atoms with E-state index in [1.54, 1.807) is 54.6 Å². The van der Waals surface area contributed by atoms with Crippen LogP contribution in [-0.4, -0.2) is 16.7 Å². The molecule has 3 aromatic carbocycles. The van der Waals surface area contributed by atoms with Crippen molar-refractivity contribution >= 4 is 64.2 Å². The zero-order valence-corrected chi connectivity index (χ0v) is 18.5. The van der Waals surface area contributed by atoms with Crippen molar-refractivity contribution in [3.8, 4) is 0 Å². The second-order valence-electron chi connectivity index (χ2n) is 6.74. The quantitative estimate of drug-likeness (QED) is 0.238. The van der Waals surface area contributed by atoms with Crippen molar-refractivity contribution in [3.05, 3.63) is 110 Å². The lowest BCUT2D eigenvalue weighted by molar-refractivity contribution is -0.383. The Balaban J connectivity index is 1.72. The van der Waals surface area contributed by atoms with Gasteiger partial charge in [-0.15, -0.1) is 0 Å². The molecule has 0 aliphatic rings. The summed E-state index contributed by atoms with van der Waals surface area (Å²) in [5.74, 6) is -1.04. The molecule has 0 heterocycles. The van der Waals surface area contributed by atoms with E-state index >= 15 is 0 Å². The minimum atomic E-state index is -0.624. The Hall–Kier alpha value is -3.94. The summed E-state index contributed by atoms with van der Waals surface area (Å²) in [6, 6.07) is 17.7. The first-order chi connectivity index (χ1) is 15.8. The molecule has 0 saturated heterocycles. The number of hydrogen-bond donors (Lipinski definition) is 2. The van der Waals surface area contributed by atoms with E-state index in [4.69, 9.17) is 23.2 Å². The van der Waals surface area contributed by atoms with Gasteiger partial charge in [-0.05, 0) is 59.7 Å². The number of benzene rings is 3. The van der Waals surface area contributed by atoms with Crippen LogP contribution in [0.15, 0.2) is 78.9 Å². The largest absolute Gasteiger partial charge is 0.322 e. The summed E-state index contributed by atoms with van der Waals surface area (Å²) >= 11 is 11.8. The normalized spacial score (nSPS) is 11.0. The minimum absolute atomic E-state index is 0.0580. The molecule has 0 fully saturated rings. The average molecular weight is 482 g/mol. The molecule has 9 heteroatoms. The zero-order chi connectivity index (χ0) is 23.8. The van der Waals surface area contributed by atoms with Crippen LogP contribution in [0.3, 0.4) is 0 Å². The number of amides is 2. The SMILES string of the molecule is O=C(/C=C/c1cccc(Cl)c1)Nc1ccc([N+](=O)[O-])c(NC(=O)/C=C/c2cccc(Cl)c2)c1. The van der Waals surface area contributed by atoms with Crippen molar-refractivity contribution in [2.24, 2.45) is 0 Å². The number of rotatable bonds is 7. The third-order valence-corrected chi connectivity index (χ3v) is 4.74. The van der Waals surface area contributed by atoms with Crippen molar-refractivity contribution in [1.82, 2.24) is 0 Å². The molecule has 0 unspecified atom stereocenters. The molecule has 2 N–H and O–H groups in total. The lowest BCUT2D eigenvalue weighted by Crippen LogP contribution is -2.12. The summed E-state index contributed by atoms with van der Waals surface area (Å²) in [4.78, 5) is 35.3. The lowest BCUT2D eigenvalue weighted by atomic mass is 10.2. The van der Waals surface area contributed by atoms with Gasteiger partial charge < -0.3 is 10.6 Å². The van der Waals surface area contributed by atoms with Crippen LogP contribution in [0, 0.1) is 10.1 Å². The third kappa shape index (κ3) is 7.31. The van der Waals surface area contributed by atoms with Gasteiger partial charge in [0.1, 0.15) is 5.69 Å². The number of carbonyl (C=O) groups is 2. The molecular weight excluding hydrogens is 465 g/mol. The van der Waals surface area contributed by atoms with E-state index < -0.39 is 16.7 Å². The van der Waals surface area contributed by atoms with Gasteiger partial charge in [0.05, 0.1) is 4.92 Å². The minimum Gasteiger partial charge on any atom is -0.322 e. The summed E-state index contributed by atoms with van der Waals surface area (Å²) in [5, 5.41) is 17.5. The molecule has 3 rings (SSSR count). The Bertz CT molecular complexity index is 1270. The molecule has 33 heavy (non-hydrogen) atoms. The van der Waals surface area contributed by atoms with Crippen molar-refractivity contribution < 1.29 is 14.5 Å². The molecule has 0 aliphatic heterocycles. The average Bonchev–Trinajstić information content (AvgIpc) is 2.76. The van der Waals surface area contributed by atoms with Crippen molar-refractivity contribution in [3.63, 3.8) is 0 Å². The molecule has 7 nitrogen and oxygen atoms in total. The number of nitrogens with one attached hydrogen (secondary N) is 2. The van der Waals surface area contributed by atoms with Gasteiger partial charge in [-0.3, -0.25) is 19.7 Å². The second-order valence-corrected chi connectivity index (χ2v) is 7.62. The molecule has 0 radical (unpaired) electrons. The summed E-state index contributed by atoms with van der Waals surface area (Å²) in [6.07, 6.45) is 5.64. The monoisotopic (exact) mass is 481 g/mol. The van der Waals surface area contributed by atoms with Crippen molar-refractivity contribution in [1.29, 1.82) is 0 Å². The van der Waals surface area contributed by atoms with E-state index in [0.29, 0.717) is 15.6 Å². The van der Waals surface area contributed by atoms with Crippen LogP contribution in [0.2, 0.25) is 10.0 Å². The number of nitro groups is 1. The predicted molar refractivity (Wildman–Crippen MR) is 131 cm³/mol. The first-order valence-electron chi connectivity index (χ1n) is 9.58. The number of carbonyl (C=O) groups excluding carboxylic acids is 2. The number of nitro benzene ring substituents is 1. The van der Waals surface area contributed by atoms with Gasteiger partial charge in [0.25, 0.3) is 5.69 Å². The fourth-order valence-corrected chi connectivity index (χ4v) is 3.19. The maximum absolute atomic E-state index is 12.3. The topological polar surface area (TPSA) is 101 Å². The van der Waals surface area contributed by atoms with Crippen LogP contribution in [-0.2, 0) is 9.59 Å². The van der Waals surface area contributed by atoms with Crippen LogP contribution >= 0.6 is 23.2 Å². The maximum Gasteiger partial charge on any atom is 0.292 e. The first kappa shape index (κ1) is 23.7. The number of halogens is 2. The Labute approximate surface area is 199 Å². The highest BCUT2D eigenvalue weighted by molar-refractivity contribution is 6.31. The van der Waals surface area contributed by atoms with Crippen LogP contribution in [0.1, 0.15) is 11.1 Å². The molecule has 0 spiro atoms. The summed E-state index contributed by atoms with van der Waals surface area (Å²) < 4.78 is 0. The van der Waals surface area contributed by atoms with Gasteiger partial charge in [0.15, 0.2) is 0 Å². The number of nitrogens with zero attached hydrogens (tertiary/aromatic N) is 1. The summed E-state index contributed by atoms with van der Waals surface area (Å²) in [7, 11) is 0. The van der Waals surface area contributed by atoms with E-state index in [9.17, 15) is 19.7 Å². The first-order valence-corrected chi connectivity index (χ1v) is 10.3. The molecule has 166 valence electrons. The van der Waals surface area contributed by atoms with Gasteiger partial charge in [-0.1, -0.05) is 47.5 Å². The molecule has 3 aromatic rings. The molecular formula is C24H17Cl2N3O4. The summed E-state index contributed by atoms with van der Waals surface area (Å²) in [6.45, 7) is 0. The van der Waals surface area contributed by atoms with Crippen LogP contribution in [0.25, 0.3) is 12.2 Å². The zero-order valence-electron chi connectivity index (χ0n) is 17.0. The molecule has 0 saturated carbocycles. The number of hydrogen-bond acceptors (Lipinski definition) is 4. The Morgan fingerprint density at radius 3 is 1.85 bits per heavy atom. The van der Waals surface area contributed by atoms with Gasteiger partial charge >= 0.3 is 0 Å². The third-order valence-electron chi connectivity index (χ3n) is 4.27. The fourth-order valence-electron chi connectivity index (χ4n) is 2.80. The summed E-state index contributed by atoms with van der Waals surface area (Å²) in [5.41, 5.74) is 1.33. The Morgan fingerprint density at radius 2 is 1.33 bits per heavy atom. The second kappa shape index (κ2) is 11.1. The van der Waals surface area contributed by atoms with Gasteiger partial charge in [0, 0.05) is 34.0 Å². The van der Waals surface area contributed by atoms with Gasteiger partial charge in [-0.2, -0.15) is 0 Å². The molecule has 2 amide bonds. The van der Waals surface area contributed by atoms with E-state index in [0.717, 1.165) is 5.56 Å². The van der Waals surface area contributed by atoms with Crippen molar-refractivity contribution in [2.45, 2.75) is 0 Å². The van der Waals surface area contributed by atoms with Crippen LogP contribution in [0.4, 0.5) is 17.1 Å². The number of anilines is 2. The Morgan fingerprint density at radius 1 is 0.788 bits per heavy atom. The molecule has 0 bridgehead atoms. The lowest BCUT2D eigenvalue weighted by Gasteiger charge is -2.08. The standard InChI is InChI=1S/C24H17Cl2N3O4/c25-18-5-1-3-16(13-18)7-11-23(30)27-20-9-10-22(29(32)33)21(15-20)28-24(31)12-8-17-4-2-6-19(26)14-17/h1-15H,(H,27,30)(H,28,31)/b11-7+,12-8+. The van der Waals surface area contributed by atoms with Crippen molar-refractivity contribution in [2.75, 3.05) is 10.6 Å². The highest BCUT2D eigenvalue weighted by Gasteiger charge is 2.16. The highest BCUT2D eigenvalue weighted by atomic mass is 35.5. The van der Waals surface area contributed by atoms with Crippen LogP contribution < -0.4 is 10.6 Å². The van der Waals surface area contributed by atoms with E-state index in [1.165, 1.54) is 36.4 Å². The van der Waals surface area contributed by atoms with E-state index in [-0.39, 0.29) is 17.1 Å². The predicted octanol–water partition coefficient (Wildman–Crippen LogP) is 6.21. The molecule has 0 aliphatic carbocycles. The molecule has 0 aromatic heterocycles. The molecule has 0 atom stereocenters. The van der Waals surface area contributed by atoms with E-state index in [2.05, 4.69) is 10.6 Å². The highest BCUT2D eigenvalue weighted by Crippen LogP contribution is 2.28. The van der Waals surface area contributed by atoms with E-state index in [1.807, 2.05) is 0 Å². The fraction of sp³-hybridized carbons (Fsp3) is 0. The smallest absolute Gasteiger partial charge is 0.292 e. The van der Waals surface area contributed by atoms with Crippen LogP contribution in [0.5, 0.6) is 0 Å². The van der Waals surface area contributed by atoms with Gasteiger partial charge in [-0.25, -0.2) is 0 Å². The maximum atomic E-state index is 12.3. The Kier molecular flexibility index (Phi) is 7.96. The van der Waals surface area contributed by atoms with Gasteiger partial charge in [0.2, 0.25) is 11.8 Å².